The standard InChI is InChI=1S/C8H5N3OS/c12-8(7-5-13-11-10-7)6-2-1-3-9-4-6/h1-5H. The molecule has 0 N–H and O–H groups in total. The Morgan fingerprint density at radius 1 is 1.46 bits per heavy atom. The van der Waals surface area contributed by atoms with Gasteiger partial charge in [-0.25, -0.2) is 0 Å². The van der Waals surface area contributed by atoms with Crippen molar-refractivity contribution in [3.8, 4) is 0 Å². The van der Waals surface area contributed by atoms with Gasteiger partial charge in [0.1, 0.15) is 5.69 Å². The number of carbonyl (C=O) groups is 1. The Bertz CT molecular complexity index is 399. The Kier molecular flexibility index (Phi) is 2.09. The minimum Gasteiger partial charge on any atom is -0.287 e. The Balaban J connectivity index is 2.34. The molecule has 0 spiro atoms. The number of hydrogen-bond donors (Lipinski definition) is 0. The lowest BCUT2D eigenvalue weighted by atomic mass is 10.1. The third kappa shape index (κ3) is 1.59. The summed E-state index contributed by atoms with van der Waals surface area (Å²) in [6, 6.07) is 3.42. The molecule has 0 saturated carbocycles. The molecule has 4 nitrogen and oxygen atoms in total. The second-order valence-corrected chi connectivity index (χ2v) is 2.97. The maximum Gasteiger partial charge on any atom is 0.215 e. The predicted octanol–water partition coefficient (Wildman–Crippen LogP) is 1.16. The molecule has 0 saturated heterocycles. The number of carbonyl (C=O) groups excluding carboxylic acids is 1. The summed E-state index contributed by atoms with van der Waals surface area (Å²) >= 11 is 1.16. The topological polar surface area (TPSA) is 55.7 Å². The average molecular weight is 191 g/mol. The summed E-state index contributed by atoms with van der Waals surface area (Å²) in [4.78, 5) is 15.4. The number of hydrogen-bond acceptors (Lipinski definition) is 5. The van der Waals surface area contributed by atoms with Crippen LogP contribution >= 0.6 is 11.5 Å². The van der Waals surface area contributed by atoms with Crippen LogP contribution in [0.4, 0.5) is 0 Å². The summed E-state index contributed by atoms with van der Waals surface area (Å²) in [5.74, 6) is -0.137. The molecule has 0 aromatic carbocycles. The molecule has 0 bridgehead atoms. The van der Waals surface area contributed by atoms with Gasteiger partial charge in [0, 0.05) is 23.3 Å². The zero-order chi connectivity index (χ0) is 9.10. The molecule has 0 aliphatic heterocycles. The van der Waals surface area contributed by atoms with E-state index in [0.717, 1.165) is 11.5 Å². The molecule has 64 valence electrons. The van der Waals surface area contributed by atoms with Gasteiger partial charge in [-0.15, -0.1) is 5.10 Å². The number of nitrogens with zero attached hydrogens (tertiary/aromatic N) is 3. The summed E-state index contributed by atoms with van der Waals surface area (Å²) in [5.41, 5.74) is 0.910. The minimum absolute atomic E-state index is 0.137. The molecule has 0 aliphatic rings. The Morgan fingerprint density at radius 2 is 2.38 bits per heavy atom. The van der Waals surface area contributed by atoms with Gasteiger partial charge in [-0.1, -0.05) is 4.49 Å². The predicted molar refractivity (Wildman–Crippen MR) is 47.6 cm³/mol. The molecule has 0 amide bonds. The van der Waals surface area contributed by atoms with E-state index in [9.17, 15) is 4.79 Å². The van der Waals surface area contributed by atoms with Crippen LogP contribution in [0.15, 0.2) is 29.9 Å². The van der Waals surface area contributed by atoms with Crippen LogP contribution in [-0.2, 0) is 0 Å². The quantitative estimate of drug-likeness (QED) is 0.668. The fourth-order valence-corrected chi connectivity index (χ4v) is 1.34. The maximum atomic E-state index is 11.6. The normalized spacial score (nSPS) is 9.85. The van der Waals surface area contributed by atoms with Gasteiger partial charge in [0.05, 0.1) is 0 Å². The first-order chi connectivity index (χ1) is 6.38. The van der Waals surface area contributed by atoms with Gasteiger partial charge in [0.25, 0.3) is 0 Å². The van der Waals surface area contributed by atoms with Gasteiger partial charge in [-0.05, 0) is 23.7 Å². The van der Waals surface area contributed by atoms with Crippen molar-refractivity contribution in [2.75, 3.05) is 0 Å². The van der Waals surface area contributed by atoms with Crippen molar-refractivity contribution >= 4 is 17.3 Å². The summed E-state index contributed by atoms with van der Waals surface area (Å²) < 4.78 is 3.62. The highest BCUT2D eigenvalue weighted by Crippen LogP contribution is 2.06. The van der Waals surface area contributed by atoms with Crippen LogP contribution in [0.25, 0.3) is 0 Å². The fourth-order valence-electron chi connectivity index (χ4n) is 0.909. The average Bonchev–Trinajstić information content (AvgIpc) is 2.71. The minimum atomic E-state index is -0.137. The molecule has 13 heavy (non-hydrogen) atoms. The van der Waals surface area contributed by atoms with E-state index in [1.165, 1.54) is 6.20 Å². The zero-order valence-corrected chi connectivity index (χ0v) is 7.36. The summed E-state index contributed by atoms with van der Waals surface area (Å²) in [6.45, 7) is 0. The molecule has 0 atom stereocenters. The summed E-state index contributed by atoms with van der Waals surface area (Å²) in [5, 5.41) is 5.30. The number of aromatic nitrogens is 3. The van der Waals surface area contributed by atoms with Crippen LogP contribution in [0.3, 0.4) is 0 Å². The lowest BCUT2D eigenvalue weighted by molar-refractivity contribution is 0.103. The Morgan fingerprint density at radius 3 is 3.00 bits per heavy atom. The molecule has 2 aromatic rings. The zero-order valence-electron chi connectivity index (χ0n) is 6.54. The number of ketones is 1. The molecular weight excluding hydrogens is 186 g/mol. The van der Waals surface area contributed by atoms with E-state index in [1.54, 1.807) is 23.7 Å². The van der Waals surface area contributed by atoms with Crippen molar-refractivity contribution < 1.29 is 4.79 Å². The van der Waals surface area contributed by atoms with Crippen molar-refractivity contribution in [1.82, 2.24) is 14.6 Å². The molecule has 2 aromatic heterocycles. The molecule has 5 heteroatoms. The molecular formula is C8H5N3OS. The molecule has 0 radical (unpaired) electrons. The van der Waals surface area contributed by atoms with Crippen LogP contribution in [0.1, 0.15) is 16.1 Å². The van der Waals surface area contributed by atoms with Crippen LogP contribution in [-0.4, -0.2) is 20.4 Å². The first-order valence-electron chi connectivity index (χ1n) is 3.60. The van der Waals surface area contributed by atoms with Crippen molar-refractivity contribution in [1.29, 1.82) is 0 Å². The molecule has 2 rings (SSSR count). The molecule has 0 fully saturated rings. The van der Waals surface area contributed by atoms with Gasteiger partial charge in [-0.2, -0.15) is 0 Å². The molecule has 0 unspecified atom stereocenters. The van der Waals surface area contributed by atoms with E-state index in [0.29, 0.717) is 11.3 Å². The highest BCUT2D eigenvalue weighted by atomic mass is 32.1. The fraction of sp³-hybridized carbons (Fsp3) is 0. The third-order valence-electron chi connectivity index (χ3n) is 1.52. The SMILES string of the molecule is O=C(c1cccnc1)c1csnn1. The van der Waals surface area contributed by atoms with Crippen molar-refractivity contribution in [3.63, 3.8) is 0 Å². The van der Waals surface area contributed by atoms with Crippen LogP contribution in [0, 0.1) is 0 Å². The lowest BCUT2D eigenvalue weighted by Crippen LogP contribution is -2.01. The van der Waals surface area contributed by atoms with E-state index < -0.39 is 0 Å². The van der Waals surface area contributed by atoms with Gasteiger partial charge < -0.3 is 0 Å². The maximum absolute atomic E-state index is 11.6. The molecule has 2 heterocycles. The van der Waals surface area contributed by atoms with E-state index >= 15 is 0 Å². The first kappa shape index (κ1) is 8.00. The number of pyridine rings is 1. The summed E-state index contributed by atoms with van der Waals surface area (Å²) in [7, 11) is 0. The first-order valence-corrected chi connectivity index (χ1v) is 4.43. The second-order valence-electron chi connectivity index (χ2n) is 2.36. The van der Waals surface area contributed by atoms with Gasteiger partial charge >= 0.3 is 0 Å². The van der Waals surface area contributed by atoms with Gasteiger partial charge in [0.15, 0.2) is 0 Å². The smallest absolute Gasteiger partial charge is 0.215 e. The second kappa shape index (κ2) is 3.40. The van der Waals surface area contributed by atoms with E-state index in [4.69, 9.17) is 0 Å². The Labute approximate surface area is 78.4 Å². The van der Waals surface area contributed by atoms with Crippen LogP contribution < -0.4 is 0 Å². The monoisotopic (exact) mass is 191 g/mol. The third-order valence-corrected chi connectivity index (χ3v) is 2.02. The van der Waals surface area contributed by atoms with Crippen LogP contribution in [0.5, 0.6) is 0 Å². The molecule has 0 aliphatic carbocycles. The van der Waals surface area contributed by atoms with Crippen molar-refractivity contribution in [2.24, 2.45) is 0 Å². The largest absolute Gasteiger partial charge is 0.287 e. The van der Waals surface area contributed by atoms with E-state index in [2.05, 4.69) is 14.6 Å². The Hall–Kier alpha value is -1.62. The highest BCUT2D eigenvalue weighted by Gasteiger charge is 2.10. The summed E-state index contributed by atoms with van der Waals surface area (Å²) in [6.07, 6.45) is 3.14. The number of rotatable bonds is 2. The van der Waals surface area contributed by atoms with Crippen molar-refractivity contribution in [2.45, 2.75) is 0 Å². The van der Waals surface area contributed by atoms with Gasteiger partial charge in [0.2, 0.25) is 5.78 Å². The van der Waals surface area contributed by atoms with Gasteiger partial charge in [-0.3, -0.25) is 9.78 Å². The van der Waals surface area contributed by atoms with E-state index in [-0.39, 0.29) is 5.78 Å². The highest BCUT2D eigenvalue weighted by molar-refractivity contribution is 7.03. The van der Waals surface area contributed by atoms with E-state index in [1.807, 2.05) is 0 Å². The van der Waals surface area contributed by atoms with Crippen LogP contribution in [0.2, 0.25) is 0 Å². The van der Waals surface area contributed by atoms with Crippen molar-refractivity contribution in [3.05, 3.63) is 41.2 Å². The lowest BCUT2D eigenvalue weighted by Gasteiger charge is -1.93.